The van der Waals surface area contributed by atoms with Crippen molar-refractivity contribution in [3.05, 3.63) is 12.4 Å². The molecule has 0 spiro atoms. The molecule has 21 heavy (non-hydrogen) atoms. The Hall–Kier alpha value is 0.960. The van der Waals surface area contributed by atoms with Crippen LogP contribution in [0.4, 0.5) is 0 Å². The highest BCUT2D eigenvalue weighted by Crippen LogP contribution is 2.35. The lowest BCUT2D eigenvalue weighted by Crippen LogP contribution is -2.31. The van der Waals surface area contributed by atoms with Crippen molar-refractivity contribution in [1.82, 2.24) is 9.78 Å². The van der Waals surface area contributed by atoms with Crippen molar-refractivity contribution < 1.29 is 0 Å². The number of hydrogen-bond donors (Lipinski definition) is 0. The van der Waals surface area contributed by atoms with E-state index < -0.39 is 0 Å². The number of halogens is 3. The molecule has 0 aromatic carbocycles. The van der Waals surface area contributed by atoms with Gasteiger partial charge in [-0.25, -0.2) is 4.68 Å². The summed E-state index contributed by atoms with van der Waals surface area (Å²) in [4.78, 5) is 0. The molecule has 122 valence electrons. The summed E-state index contributed by atoms with van der Waals surface area (Å²) in [5, 5.41) is 5.53. The second-order valence-corrected chi connectivity index (χ2v) is 8.53. The van der Waals surface area contributed by atoms with Crippen molar-refractivity contribution in [2.24, 2.45) is 0 Å². The fraction of sp³-hybridized carbons (Fsp3) is 0.812. The number of aromatic nitrogens is 2. The first-order valence-electron chi connectivity index (χ1n) is 8.06. The van der Waals surface area contributed by atoms with Gasteiger partial charge in [0.05, 0.1) is 9.11 Å². The molecule has 5 heteroatoms. The predicted octanol–water partition coefficient (Wildman–Crippen LogP) is 7.01. The molecule has 0 fully saturated rings. The van der Waals surface area contributed by atoms with Gasteiger partial charge in [0, 0.05) is 0 Å². The van der Waals surface area contributed by atoms with Gasteiger partial charge in [0.15, 0.2) is 0 Å². The zero-order valence-corrected chi connectivity index (χ0v) is 18.5. The molecule has 0 radical (unpaired) electrons. The van der Waals surface area contributed by atoms with E-state index in [0.29, 0.717) is 0 Å². The molecular formula is C16H27ClI2N2. The summed E-state index contributed by atoms with van der Waals surface area (Å²) in [5.41, 5.74) is 0.0582. The van der Waals surface area contributed by atoms with Gasteiger partial charge >= 0.3 is 0 Å². The largest absolute Gasteiger partial charge is 0.246 e. The van der Waals surface area contributed by atoms with Crippen LogP contribution in [0.1, 0.15) is 78.6 Å². The van der Waals surface area contributed by atoms with Crippen LogP contribution < -0.4 is 0 Å². The number of unbranched alkanes of at least 4 members (excludes halogenated alkanes) is 5. The average Bonchev–Trinajstić information content (AvgIpc) is 2.73. The van der Waals surface area contributed by atoms with Gasteiger partial charge in [-0.05, 0) is 64.9 Å². The molecule has 0 bridgehead atoms. The lowest BCUT2D eigenvalue weighted by Gasteiger charge is -2.31. The third-order valence-electron chi connectivity index (χ3n) is 4.14. The van der Waals surface area contributed by atoms with Gasteiger partial charge < -0.3 is 0 Å². The van der Waals surface area contributed by atoms with Crippen LogP contribution >= 0.6 is 56.8 Å². The molecule has 1 aromatic rings. The standard InChI is InChI=1S/C16H27ClI2N2/c1-4-6-8-9-10-12-16(3,11-7-5-2)21-14(17)13(18)15(19)20-21/h4-12H2,1-3H3. The summed E-state index contributed by atoms with van der Waals surface area (Å²) in [6.07, 6.45) is 11.4. The number of nitrogens with zero attached hydrogens (tertiary/aromatic N) is 2. The molecule has 0 aliphatic rings. The Morgan fingerprint density at radius 3 is 2.10 bits per heavy atom. The Kier molecular flexibility index (Phi) is 9.49. The van der Waals surface area contributed by atoms with E-state index in [1.54, 1.807) is 0 Å². The summed E-state index contributed by atoms with van der Waals surface area (Å²) >= 11 is 11.1. The van der Waals surface area contributed by atoms with Crippen molar-refractivity contribution >= 4 is 56.8 Å². The van der Waals surface area contributed by atoms with Crippen molar-refractivity contribution in [1.29, 1.82) is 0 Å². The highest BCUT2D eigenvalue weighted by molar-refractivity contribution is 14.1. The van der Waals surface area contributed by atoms with E-state index in [1.807, 2.05) is 0 Å². The second kappa shape index (κ2) is 9.96. The van der Waals surface area contributed by atoms with E-state index in [-0.39, 0.29) is 5.54 Å². The summed E-state index contributed by atoms with van der Waals surface area (Å²) in [6, 6.07) is 0. The summed E-state index contributed by atoms with van der Waals surface area (Å²) in [5.74, 6) is 0. The van der Waals surface area contributed by atoms with E-state index in [2.05, 4.69) is 70.6 Å². The van der Waals surface area contributed by atoms with Crippen LogP contribution in [0.25, 0.3) is 0 Å². The van der Waals surface area contributed by atoms with Gasteiger partial charge in [0.25, 0.3) is 0 Å². The van der Waals surface area contributed by atoms with E-state index in [9.17, 15) is 0 Å². The minimum absolute atomic E-state index is 0.0582. The van der Waals surface area contributed by atoms with E-state index in [1.165, 1.54) is 51.4 Å². The normalized spacial score (nSPS) is 14.4. The molecular weight excluding hydrogens is 509 g/mol. The van der Waals surface area contributed by atoms with Gasteiger partial charge in [-0.1, -0.05) is 70.4 Å². The lowest BCUT2D eigenvalue weighted by atomic mass is 9.88. The molecule has 0 amide bonds. The Balaban J connectivity index is 2.79. The first-order chi connectivity index (χ1) is 9.96. The van der Waals surface area contributed by atoms with Crippen molar-refractivity contribution in [3.63, 3.8) is 0 Å². The van der Waals surface area contributed by atoms with E-state index >= 15 is 0 Å². The smallest absolute Gasteiger partial charge is 0.142 e. The van der Waals surface area contributed by atoms with Crippen LogP contribution in [0.5, 0.6) is 0 Å². The van der Waals surface area contributed by atoms with Crippen LogP contribution in [0.15, 0.2) is 0 Å². The molecule has 1 rings (SSSR count). The third kappa shape index (κ3) is 5.83. The van der Waals surface area contributed by atoms with Gasteiger partial charge in [-0.15, -0.1) is 0 Å². The first kappa shape index (κ1) is 20.0. The third-order valence-corrected chi connectivity index (χ3v) is 7.61. The average molecular weight is 537 g/mol. The monoisotopic (exact) mass is 536 g/mol. The predicted molar refractivity (Wildman–Crippen MR) is 109 cm³/mol. The molecule has 0 saturated carbocycles. The van der Waals surface area contributed by atoms with E-state index in [0.717, 1.165) is 18.8 Å². The van der Waals surface area contributed by atoms with Gasteiger partial charge in [-0.3, -0.25) is 0 Å². The summed E-state index contributed by atoms with van der Waals surface area (Å²) < 4.78 is 4.20. The van der Waals surface area contributed by atoms with Crippen molar-refractivity contribution in [3.8, 4) is 0 Å². The molecule has 2 nitrogen and oxygen atoms in total. The van der Waals surface area contributed by atoms with Crippen molar-refractivity contribution in [2.75, 3.05) is 0 Å². The highest BCUT2D eigenvalue weighted by Gasteiger charge is 2.30. The van der Waals surface area contributed by atoms with Crippen LogP contribution in [0, 0.1) is 7.27 Å². The van der Waals surface area contributed by atoms with Crippen LogP contribution in [0.3, 0.4) is 0 Å². The number of hydrogen-bond acceptors (Lipinski definition) is 1. The Bertz CT molecular complexity index is 434. The Morgan fingerprint density at radius 2 is 1.57 bits per heavy atom. The molecule has 0 N–H and O–H groups in total. The first-order valence-corrected chi connectivity index (χ1v) is 10.6. The quantitative estimate of drug-likeness (QED) is 0.232. The zero-order chi connectivity index (χ0) is 15.9. The molecule has 0 aliphatic carbocycles. The van der Waals surface area contributed by atoms with Crippen molar-refractivity contribution in [2.45, 2.75) is 84.1 Å². The Morgan fingerprint density at radius 1 is 1.00 bits per heavy atom. The molecule has 1 atom stereocenters. The van der Waals surface area contributed by atoms with E-state index in [4.69, 9.17) is 16.7 Å². The summed E-state index contributed by atoms with van der Waals surface area (Å²) in [7, 11) is 0. The molecule has 1 unspecified atom stereocenters. The maximum atomic E-state index is 6.53. The zero-order valence-electron chi connectivity index (χ0n) is 13.4. The van der Waals surface area contributed by atoms with Gasteiger partial charge in [0.1, 0.15) is 8.85 Å². The number of rotatable bonds is 10. The fourth-order valence-corrected chi connectivity index (χ4v) is 4.01. The fourth-order valence-electron chi connectivity index (χ4n) is 2.72. The maximum absolute atomic E-state index is 6.53. The highest BCUT2D eigenvalue weighted by atomic mass is 127. The van der Waals surface area contributed by atoms with Crippen LogP contribution in [-0.4, -0.2) is 9.78 Å². The SMILES string of the molecule is CCCCCCCC(C)(CCCC)n1nc(I)c(I)c1Cl. The molecule has 0 saturated heterocycles. The lowest BCUT2D eigenvalue weighted by molar-refractivity contribution is 0.228. The van der Waals surface area contributed by atoms with Crippen LogP contribution in [0.2, 0.25) is 5.15 Å². The maximum Gasteiger partial charge on any atom is 0.142 e. The minimum Gasteiger partial charge on any atom is -0.246 e. The molecule has 0 aliphatic heterocycles. The van der Waals surface area contributed by atoms with Gasteiger partial charge in [-0.2, -0.15) is 5.10 Å². The topological polar surface area (TPSA) is 17.8 Å². The van der Waals surface area contributed by atoms with Crippen LogP contribution in [-0.2, 0) is 5.54 Å². The second-order valence-electron chi connectivity index (χ2n) is 6.07. The molecule has 1 aromatic heterocycles. The van der Waals surface area contributed by atoms with Gasteiger partial charge in [0.2, 0.25) is 0 Å². The summed E-state index contributed by atoms with van der Waals surface area (Å²) in [6.45, 7) is 6.84. The minimum atomic E-state index is 0.0582. The Labute approximate surface area is 162 Å². The molecule has 1 heterocycles.